The van der Waals surface area contributed by atoms with E-state index in [0.29, 0.717) is 24.6 Å². The van der Waals surface area contributed by atoms with Crippen LogP contribution in [0.4, 0.5) is 0 Å². The summed E-state index contributed by atoms with van der Waals surface area (Å²) in [5.74, 6) is 0.825. The Hall–Kier alpha value is -3.61. The van der Waals surface area contributed by atoms with Crippen LogP contribution in [-0.2, 0) is 24.4 Å². The fourth-order valence-electron chi connectivity index (χ4n) is 4.44. The van der Waals surface area contributed by atoms with E-state index in [9.17, 15) is 9.59 Å². The molecule has 0 unspecified atom stereocenters. The number of methoxy groups -OCH3 is 1. The second-order valence-electron chi connectivity index (χ2n) is 9.03. The summed E-state index contributed by atoms with van der Waals surface area (Å²) in [6, 6.07) is 11.6. The van der Waals surface area contributed by atoms with Gasteiger partial charge in [0.1, 0.15) is 5.82 Å². The van der Waals surface area contributed by atoms with Gasteiger partial charge in [0.2, 0.25) is 0 Å². The van der Waals surface area contributed by atoms with Crippen LogP contribution in [0.3, 0.4) is 0 Å². The number of carbonyl (C=O) groups is 1. The normalized spacial score (nSPS) is 11.6. The number of esters is 1. The van der Waals surface area contributed by atoms with Crippen molar-refractivity contribution < 1.29 is 9.53 Å². The number of allylic oxidation sites excluding steroid dienone is 1. The first-order chi connectivity index (χ1) is 16.4. The number of unbranched alkanes of at least 4 members (excludes halogenated alkanes) is 1. The molecule has 0 spiro atoms. The van der Waals surface area contributed by atoms with Crippen molar-refractivity contribution >= 4 is 28.0 Å². The monoisotopic (exact) mass is 460 g/mol. The van der Waals surface area contributed by atoms with Gasteiger partial charge in [-0.25, -0.2) is 14.6 Å². The van der Waals surface area contributed by atoms with Crippen LogP contribution in [0.1, 0.15) is 44.0 Å². The van der Waals surface area contributed by atoms with Crippen molar-refractivity contribution in [3.8, 4) is 11.4 Å². The van der Waals surface area contributed by atoms with Gasteiger partial charge in [0, 0.05) is 25.2 Å². The molecule has 0 N–H and O–H groups in total. The molecule has 0 atom stereocenters. The van der Waals surface area contributed by atoms with E-state index in [1.54, 1.807) is 22.8 Å². The number of aromatic nitrogens is 4. The van der Waals surface area contributed by atoms with Crippen molar-refractivity contribution in [2.45, 2.75) is 53.2 Å². The highest BCUT2D eigenvalue weighted by atomic mass is 16.5. The molecule has 0 aliphatic heterocycles. The smallest absolute Gasteiger partial charge is 0.337 e. The number of ether oxygens (including phenoxy) is 1. The molecule has 0 saturated carbocycles. The Morgan fingerprint density at radius 3 is 2.53 bits per heavy atom. The third-order valence-electron chi connectivity index (χ3n) is 6.04. The first-order valence-electron chi connectivity index (χ1n) is 11.8. The van der Waals surface area contributed by atoms with E-state index < -0.39 is 0 Å². The van der Waals surface area contributed by atoms with E-state index in [1.165, 1.54) is 7.11 Å². The number of imidazole rings is 2. The standard InChI is InChI=1S/C27H32N4O3/c1-6-8-14-30-23-12-9-19(16-24(23)29(13-7-2)27(30)33)25-28-21-15-20(26(32)34-5)10-11-22(21)31(25)17-18(3)4/h7,9-12,15-16,18H,2,6,8,13-14,17H2,1,3-5H3. The zero-order valence-corrected chi connectivity index (χ0v) is 20.4. The van der Waals surface area contributed by atoms with Gasteiger partial charge >= 0.3 is 11.7 Å². The summed E-state index contributed by atoms with van der Waals surface area (Å²) in [5.41, 5.74) is 4.87. The number of carbonyl (C=O) groups excluding carboxylic acids is 1. The van der Waals surface area contributed by atoms with Crippen LogP contribution in [0, 0.1) is 5.92 Å². The molecule has 0 saturated heterocycles. The van der Waals surface area contributed by atoms with Gasteiger partial charge in [-0.1, -0.05) is 33.3 Å². The number of aryl methyl sites for hydroxylation is 1. The van der Waals surface area contributed by atoms with Gasteiger partial charge in [-0.05, 0) is 48.7 Å². The number of hydrogen-bond donors (Lipinski definition) is 0. The quantitative estimate of drug-likeness (QED) is 0.253. The maximum Gasteiger partial charge on any atom is 0.337 e. The number of rotatable bonds is 9. The third kappa shape index (κ3) is 4.18. The average Bonchev–Trinajstić information content (AvgIpc) is 3.31. The van der Waals surface area contributed by atoms with E-state index in [1.807, 2.05) is 28.8 Å². The summed E-state index contributed by atoms with van der Waals surface area (Å²) in [6.45, 7) is 12.2. The molecule has 178 valence electrons. The molecule has 0 bridgehead atoms. The lowest BCUT2D eigenvalue weighted by molar-refractivity contribution is 0.0601. The number of benzene rings is 2. The van der Waals surface area contributed by atoms with Gasteiger partial charge in [-0.2, -0.15) is 0 Å². The molecule has 0 aliphatic carbocycles. The predicted octanol–water partition coefficient (Wildman–Crippen LogP) is 5.25. The molecule has 0 amide bonds. The lowest BCUT2D eigenvalue weighted by Gasteiger charge is -2.12. The van der Waals surface area contributed by atoms with E-state index in [4.69, 9.17) is 9.72 Å². The summed E-state index contributed by atoms with van der Waals surface area (Å²) < 4.78 is 10.7. The Kier molecular flexibility index (Phi) is 6.72. The van der Waals surface area contributed by atoms with E-state index in [-0.39, 0.29) is 11.7 Å². The first kappa shape index (κ1) is 23.5. The van der Waals surface area contributed by atoms with E-state index in [0.717, 1.165) is 52.8 Å². The third-order valence-corrected chi connectivity index (χ3v) is 6.04. The first-order valence-corrected chi connectivity index (χ1v) is 11.8. The molecule has 4 aromatic rings. The highest BCUT2D eigenvalue weighted by molar-refractivity contribution is 5.94. The van der Waals surface area contributed by atoms with Crippen LogP contribution >= 0.6 is 0 Å². The van der Waals surface area contributed by atoms with Gasteiger partial charge < -0.3 is 9.30 Å². The Morgan fingerprint density at radius 1 is 1.09 bits per heavy atom. The lowest BCUT2D eigenvalue weighted by Crippen LogP contribution is -2.24. The predicted molar refractivity (Wildman–Crippen MR) is 136 cm³/mol. The second-order valence-corrected chi connectivity index (χ2v) is 9.03. The molecule has 2 heterocycles. The molecule has 0 aliphatic rings. The highest BCUT2D eigenvalue weighted by Crippen LogP contribution is 2.29. The van der Waals surface area contributed by atoms with Crippen molar-refractivity contribution in [2.75, 3.05) is 7.11 Å². The SMILES string of the molecule is C=CCn1c(=O)n(CCCC)c2ccc(-c3nc4cc(C(=O)OC)ccc4n3CC(C)C)cc21. The lowest BCUT2D eigenvalue weighted by atomic mass is 10.1. The van der Waals surface area contributed by atoms with Crippen LogP contribution in [0.15, 0.2) is 53.8 Å². The molecule has 4 rings (SSSR count). The van der Waals surface area contributed by atoms with Crippen LogP contribution < -0.4 is 5.69 Å². The zero-order valence-electron chi connectivity index (χ0n) is 20.4. The molecular weight excluding hydrogens is 428 g/mol. The Bertz CT molecular complexity index is 1420. The second kappa shape index (κ2) is 9.71. The Labute approximate surface area is 199 Å². The van der Waals surface area contributed by atoms with Crippen molar-refractivity contribution in [1.29, 1.82) is 0 Å². The molecular formula is C27H32N4O3. The molecule has 0 fully saturated rings. The maximum atomic E-state index is 13.1. The fourth-order valence-corrected chi connectivity index (χ4v) is 4.44. The molecule has 7 nitrogen and oxygen atoms in total. The maximum absolute atomic E-state index is 13.1. The van der Waals surface area contributed by atoms with Gasteiger partial charge in [0.05, 0.1) is 34.7 Å². The molecule has 2 aromatic heterocycles. The minimum absolute atomic E-state index is 0.0149. The van der Waals surface area contributed by atoms with Crippen LogP contribution in [0.25, 0.3) is 33.5 Å². The summed E-state index contributed by atoms with van der Waals surface area (Å²) in [4.78, 5) is 30.1. The minimum Gasteiger partial charge on any atom is -0.465 e. The van der Waals surface area contributed by atoms with Crippen molar-refractivity contribution in [3.05, 3.63) is 65.1 Å². The van der Waals surface area contributed by atoms with Crippen LogP contribution in [-0.4, -0.2) is 31.8 Å². The minimum atomic E-state index is -0.384. The summed E-state index contributed by atoms with van der Waals surface area (Å²) in [7, 11) is 1.37. The molecule has 0 radical (unpaired) electrons. The molecule has 34 heavy (non-hydrogen) atoms. The summed E-state index contributed by atoms with van der Waals surface area (Å²) >= 11 is 0. The number of hydrogen-bond acceptors (Lipinski definition) is 4. The zero-order chi connectivity index (χ0) is 24.4. The van der Waals surface area contributed by atoms with Crippen molar-refractivity contribution in [3.63, 3.8) is 0 Å². The Balaban J connectivity index is 1.93. The van der Waals surface area contributed by atoms with Gasteiger partial charge in [-0.15, -0.1) is 6.58 Å². The van der Waals surface area contributed by atoms with Gasteiger partial charge in [-0.3, -0.25) is 9.13 Å². The van der Waals surface area contributed by atoms with Crippen LogP contribution in [0.2, 0.25) is 0 Å². The van der Waals surface area contributed by atoms with Crippen molar-refractivity contribution in [1.82, 2.24) is 18.7 Å². The number of fused-ring (bicyclic) bond motifs is 2. The van der Waals surface area contributed by atoms with Gasteiger partial charge in [0.25, 0.3) is 0 Å². The highest BCUT2D eigenvalue weighted by Gasteiger charge is 2.19. The van der Waals surface area contributed by atoms with Crippen LogP contribution in [0.5, 0.6) is 0 Å². The fraction of sp³-hybridized carbons (Fsp3) is 0.370. The molecule has 2 aromatic carbocycles. The van der Waals surface area contributed by atoms with E-state index >= 15 is 0 Å². The average molecular weight is 461 g/mol. The van der Waals surface area contributed by atoms with E-state index in [2.05, 4.69) is 31.9 Å². The largest absolute Gasteiger partial charge is 0.465 e. The Morgan fingerprint density at radius 2 is 1.85 bits per heavy atom. The molecule has 7 heteroatoms. The topological polar surface area (TPSA) is 71.1 Å². The number of nitrogens with zero attached hydrogens (tertiary/aromatic N) is 4. The van der Waals surface area contributed by atoms with Gasteiger partial charge in [0.15, 0.2) is 0 Å². The summed E-state index contributed by atoms with van der Waals surface area (Å²) in [5, 5.41) is 0. The van der Waals surface area contributed by atoms with Crippen molar-refractivity contribution in [2.24, 2.45) is 5.92 Å². The summed E-state index contributed by atoms with van der Waals surface area (Å²) in [6.07, 6.45) is 3.72.